The van der Waals surface area contributed by atoms with Crippen LogP contribution in [0.1, 0.15) is 36.5 Å². The summed E-state index contributed by atoms with van der Waals surface area (Å²) in [5.74, 6) is 0.284. The fourth-order valence-corrected chi connectivity index (χ4v) is 4.48. The molecule has 0 fully saturated rings. The van der Waals surface area contributed by atoms with Crippen LogP contribution in [0, 0.1) is 0 Å². The fourth-order valence-electron chi connectivity index (χ4n) is 4.48. The van der Waals surface area contributed by atoms with Crippen molar-refractivity contribution >= 4 is 33.2 Å². The molecule has 4 aromatic carbocycles. The van der Waals surface area contributed by atoms with E-state index in [0.717, 1.165) is 0 Å². The van der Waals surface area contributed by atoms with Crippen LogP contribution in [0.5, 0.6) is 0 Å². The molecule has 4 aromatic rings. The van der Waals surface area contributed by atoms with Gasteiger partial charge in [0.2, 0.25) is 0 Å². The predicted molar refractivity (Wildman–Crippen MR) is 123 cm³/mol. The normalized spacial score (nSPS) is 14.4. The van der Waals surface area contributed by atoms with Gasteiger partial charge in [0.15, 0.2) is 0 Å². The molecule has 0 amide bonds. The van der Waals surface area contributed by atoms with Crippen LogP contribution in [0.2, 0.25) is 0 Å². The van der Waals surface area contributed by atoms with Gasteiger partial charge in [-0.1, -0.05) is 96.1 Å². The molecule has 0 aliphatic heterocycles. The minimum absolute atomic E-state index is 0. The zero-order chi connectivity index (χ0) is 19.1. The Morgan fingerprint density at radius 2 is 1.55 bits per heavy atom. The first-order chi connectivity index (χ1) is 13.7. The first-order valence-corrected chi connectivity index (χ1v) is 9.92. The van der Waals surface area contributed by atoms with Crippen molar-refractivity contribution in [3.8, 4) is 0 Å². The largest absolute Gasteiger partial charge is 1.00 e. The maximum atomic E-state index is 2.35. The first kappa shape index (κ1) is 25.5. The maximum absolute atomic E-state index is 2.35. The molecule has 0 bridgehead atoms. The third-order valence-electron chi connectivity index (χ3n) is 5.66. The molecule has 0 saturated carbocycles. The summed E-state index contributed by atoms with van der Waals surface area (Å²) in [4.78, 5) is 0. The molecule has 5 rings (SSSR count). The van der Waals surface area contributed by atoms with Crippen LogP contribution in [0.3, 0.4) is 0 Å². The number of hydrogen-bond acceptors (Lipinski definition) is 0. The van der Waals surface area contributed by atoms with E-state index >= 15 is 0 Å². The Kier molecular flexibility index (Phi) is 8.77. The van der Waals surface area contributed by atoms with Gasteiger partial charge in [0.05, 0.1) is 0 Å². The van der Waals surface area contributed by atoms with Crippen molar-refractivity contribution in [2.75, 3.05) is 0 Å². The van der Waals surface area contributed by atoms with Crippen LogP contribution < -0.4 is 24.8 Å². The van der Waals surface area contributed by atoms with Gasteiger partial charge in [0.25, 0.3) is 0 Å². The van der Waals surface area contributed by atoms with Gasteiger partial charge >= 0.3 is 0 Å². The second-order valence-corrected chi connectivity index (χ2v) is 7.83. The van der Waals surface area contributed by atoms with Gasteiger partial charge in [0, 0.05) is 31.8 Å². The van der Waals surface area contributed by atoms with Gasteiger partial charge in [0.1, 0.15) is 0 Å². The third kappa shape index (κ3) is 4.70. The molecule has 1 atom stereocenters. The summed E-state index contributed by atoms with van der Waals surface area (Å²) >= 11 is 0. The minimum atomic E-state index is 0. The molecule has 156 valence electrons. The van der Waals surface area contributed by atoms with Crippen molar-refractivity contribution in [2.24, 2.45) is 0 Å². The van der Waals surface area contributed by atoms with Gasteiger partial charge in [-0.15, -0.1) is 33.7 Å². The minimum Gasteiger partial charge on any atom is -1.00 e. The maximum Gasteiger partial charge on any atom is 0.00121 e. The Morgan fingerprint density at radius 1 is 0.839 bits per heavy atom. The van der Waals surface area contributed by atoms with Crippen LogP contribution >= 0.6 is 0 Å². The average Bonchev–Trinajstić information content (AvgIpc) is 3.32. The van der Waals surface area contributed by atoms with E-state index in [1.54, 1.807) is 0 Å². The van der Waals surface area contributed by atoms with E-state index in [0.29, 0.717) is 0 Å². The molecule has 1 aliphatic carbocycles. The Bertz CT molecular complexity index is 1290. The van der Waals surface area contributed by atoms with Crippen molar-refractivity contribution in [1.29, 1.82) is 0 Å². The van der Waals surface area contributed by atoms with E-state index in [2.05, 4.69) is 111 Å². The van der Waals surface area contributed by atoms with Gasteiger partial charge in [-0.25, -0.2) is 0 Å². The molecule has 0 aromatic heterocycles. The molecule has 1 aliphatic rings. The number of hydrogen-bond donors (Lipinski definition) is 0. The monoisotopic (exact) mass is 609 g/mol. The van der Waals surface area contributed by atoms with Crippen LogP contribution in [-0.2, 0) is 25.8 Å². The van der Waals surface area contributed by atoms with E-state index in [1.807, 2.05) is 0 Å². The summed E-state index contributed by atoms with van der Waals surface area (Å²) in [6, 6.07) is 26.5. The molecule has 31 heavy (non-hydrogen) atoms. The summed E-state index contributed by atoms with van der Waals surface area (Å²) in [5, 5.41) is 5.38. The molecule has 0 spiro atoms. The molecule has 0 nitrogen and oxygen atoms in total. The van der Waals surface area contributed by atoms with Crippen LogP contribution in [0.15, 0.2) is 96.6 Å². The SMILES string of the molecule is CC(C)=Cc1ccccc1C1=CC=CC1c1cccc2c1[cH-]c1ccccc12.[Cl-].[Cl-].[Hf]. The quantitative estimate of drug-likeness (QED) is 0.246. The van der Waals surface area contributed by atoms with Gasteiger partial charge in [-0.3, -0.25) is 0 Å². The number of rotatable bonds is 3. The van der Waals surface area contributed by atoms with Crippen LogP contribution in [-0.4, -0.2) is 0 Å². The van der Waals surface area contributed by atoms with Crippen molar-refractivity contribution in [3.05, 3.63) is 113 Å². The van der Waals surface area contributed by atoms with Crippen LogP contribution in [0.4, 0.5) is 0 Å². The summed E-state index contributed by atoms with van der Waals surface area (Å²) in [6.07, 6.45) is 9.11. The molecular formula is C28H23Cl2Hf-3. The van der Waals surface area contributed by atoms with Gasteiger partial charge < -0.3 is 24.8 Å². The Morgan fingerprint density at radius 3 is 2.35 bits per heavy atom. The van der Waals surface area contributed by atoms with Crippen LogP contribution in [0.25, 0.3) is 33.2 Å². The molecule has 3 heteroatoms. The summed E-state index contributed by atoms with van der Waals surface area (Å²) < 4.78 is 0. The molecule has 1 unspecified atom stereocenters. The van der Waals surface area contributed by atoms with Crippen molar-refractivity contribution in [2.45, 2.75) is 19.8 Å². The number of benzene rings is 3. The number of allylic oxidation sites excluding steroid dienone is 5. The van der Waals surface area contributed by atoms with Gasteiger partial charge in [-0.2, -0.15) is 0 Å². The first-order valence-electron chi connectivity index (χ1n) is 9.92. The number of fused-ring (bicyclic) bond motifs is 3. The second kappa shape index (κ2) is 10.7. The number of halogens is 2. The summed E-state index contributed by atoms with van der Waals surface area (Å²) in [7, 11) is 0. The molecule has 0 heterocycles. The van der Waals surface area contributed by atoms with Crippen molar-refractivity contribution < 1.29 is 50.7 Å². The van der Waals surface area contributed by atoms with Gasteiger partial charge in [-0.05, 0) is 30.5 Å². The Hall–Kier alpha value is -1.80. The van der Waals surface area contributed by atoms with E-state index in [1.165, 1.54) is 49.4 Å². The fraction of sp³-hybridized carbons (Fsp3) is 0.107. The van der Waals surface area contributed by atoms with Crippen molar-refractivity contribution in [3.63, 3.8) is 0 Å². The second-order valence-electron chi connectivity index (χ2n) is 7.83. The zero-order valence-electron chi connectivity index (χ0n) is 17.6. The zero-order valence-corrected chi connectivity index (χ0v) is 22.7. The van der Waals surface area contributed by atoms with E-state index < -0.39 is 0 Å². The molecule has 0 saturated heterocycles. The van der Waals surface area contributed by atoms with Crippen molar-refractivity contribution in [1.82, 2.24) is 0 Å². The molecule has 0 N–H and O–H groups in total. The Balaban J connectivity index is 0.00000114. The average molecular weight is 609 g/mol. The van der Waals surface area contributed by atoms with E-state index in [-0.39, 0.29) is 56.6 Å². The molecule has 0 radical (unpaired) electrons. The van der Waals surface area contributed by atoms with E-state index in [9.17, 15) is 0 Å². The standard InChI is InChI=1S/C28H23.2ClH.Hf/c1-19(2)17-20-9-3-5-11-22(20)24-13-7-15-26(24)27-16-8-14-25-23-12-6-4-10-21(23)18-28(25)27;;;/h3-18,26H,1-2H3;2*1H;/q-1;;;/p-2. The third-order valence-corrected chi connectivity index (χ3v) is 5.66. The topological polar surface area (TPSA) is 0 Å². The molecular weight excluding hydrogens is 586 g/mol. The summed E-state index contributed by atoms with van der Waals surface area (Å²) in [5.41, 5.74) is 6.71. The van der Waals surface area contributed by atoms with E-state index in [4.69, 9.17) is 0 Å². The summed E-state index contributed by atoms with van der Waals surface area (Å²) in [6.45, 7) is 4.32. The smallest absolute Gasteiger partial charge is 0.00121 e. The Labute approximate surface area is 215 Å². The predicted octanol–water partition coefficient (Wildman–Crippen LogP) is 1.88.